The number of benzene rings is 1. The molecule has 0 atom stereocenters. The average Bonchev–Trinajstić information content (AvgIpc) is 2.52. The average molecular weight is 336 g/mol. The van der Waals surface area contributed by atoms with E-state index in [0.717, 1.165) is 5.56 Å². The van der Waals surface area contributed by atoms with Gasteiger partial charge in [0.05, 0.1) is 16.3 Å². The molecule has 1 aromatic heterocycles. The monoisotopic (exact) mass is 335 g/mol. The molecule has 0 bridgehead atoms. The second kappa shape index (κ2) is 7.61. The number of carbonyl (C=O) groups excluding carboxylic acids is 1. The molecule has 0 aliphatic rings. The lowest BCUT2D eigenvalue weighted by molar-refractivity contribution is 0.0954. The molecule has 116 valence electrons. The normalized spacial score (nSPS) is 10.8. The lowest BCUT2D eigenvalue weighted by Crippen LogP contribution is -2.27. The van der Waals surface area contributed by atoms with Gasteiger partial charge >= 0.3 is 0 Å². The SMILES string of the molecule is CC(C)c1nc(-c2ccccc2Cl)ncc1C(=O)NCCS. The summed E-state index contributed by atoms with van der Waals surface area (Å²) < 4.78 is 0. The van der Waals surface area contributed by atoms with E-state index < -0.39 is 0 Å². The van der Waals surface area contributed by atoms with Gasteiger partial charge in [0.2, 0.25) is 0 Å². The lowest BCUT2D eigenvalue weighted by atomic mass is 10.0. The number of nitrogens with one attached hydrogen (secondary N) is 1. The third kappa shape index (κ3) is 3.78. The van der Waals surface area contributed by atoms with Crippen LogP contribution in [0.3, 0.4) is 0 Å². The van der Waals surface area contributed by atoms with E-state index in [0.29, 0.717) is 34.4 Å². The molecule has 0 spiro atoms. The van der Waals surface area contributed by atoms with E-state index in [9.17, 15) is 4.79 Å². The van der Waals surface area contributed by atoms with Crippen molar-refractivity contribution in [1.82, 2.24) is 15.3 Å². The summed E-state index contributed by atoms with van der Waals surface area (Å²) >= 11 is 10.3. The van der Waals surface area contributed by atoms with Crippen molar-refractivity contribution >= 4 is 30.1 Å². The largest absolute Gasteiger partial charge is 0.351 e. The van der Waals surface area contributed by atoms with E-state index in [1.807, 2.05) is 32.0 Å². The molecule has 0 radical (unpaired) electrons. The van der Waals surface area contributed by atoms with Gasteiger partial charge in [-0.1, -0.05) is 37.6 Å². The smallest absolute Gasteiger partial charge is 0.254 e. The molecule has 0 saturated carbocycles. The minimum absolute atomic E-state index is 0.0981. The van der Waals surface area contributed by atoms with E-state index >= 15 is 0 Å². The highest BCUT2D eigenvalue weighted by Gasteiger charge is 2.18. The Morgan fingerprint density at radius 3 is 2.73 bits per heavy atom. The van der Waals surface area contributed by atoms with Crippen LogP contribution in [0.2, 0.25) is 5.02 Å². The Balaban J connectivity index is 2.44. The van der Waals surface area contributed by atoms with Crippen LogP contribution in [-0.2, 0) is 0 Å². The summed E-state index contributed by atoms with van der Waals surface area (Å²) in [5, 5.41) is 3.38. The molecular formula is C16H18ClN3OS. The fourth-order valence-electron chi connectivity index (χ4n) is 2.05. The molecule has 22 heavy (non-hydrogen) atoms. The second-order valence-electron chi connectivity index (χ2n) is 5.11. The first-order valence-electron chi connectivity index (χ1n) is 7.05. The molecule has 2 aromatic rings. The van der Waals surface area contributed by atoms with Crippen molar-refractivity contribution in [3.63, 3.8) is 0 Å². The van der Waals surface area contributed by atoms with Crippen LogP contribution in [-0.4, -0.2) is 28.2 Å². The first-order chi connectivity index (χ1) is 10.5. The summed E-state index contributed by atoms with van der Waals surface area (Å²) in [4.78, 5) is 21.1. The Hall–Kier alpha value is -1.59. The number of thiol groups is 1. The Morgan fingerprint density at radius 2 is 2.09 bits per heavy atom. The number of nitrogens with zero attached hydrogens (tertiary/aromatic N) is 2. The van der Waals surface area contributed by atoms with Gasteiger partial charge in [0.15, 0.2) is 5.82 Å². The number of halogens is 1. The third-order valence-electron chi connectivity index (χ3n) is 3.12. The Kier molecular flexibility index (Phi) is 5.80. The van der Waals surface area contributed by atoms with Gasteiger partial charge in [-0.3, -0.25) is 4.79 Å². The zero-order valence-electron chi connectivity index (χ0n) is 12.5. The molecule has 2 rings (SSSR count). The topological polar surface area (TPSA) is 54.9 Å². The molecule has 1 heterocycles. The standard InChI is InChI=1S/C16H18ClN3OS/c1-10(2)14-12(16(21)18-7-8-22)9-19-15(20-14)11-5-3-4-6-13(11)17/h3-6,9-10,22H,7-8H2,1-2H3,(H,18,21). The molecule has 0 unspecified atom stereocenters. The molecule has 0 aliphatic heterocycles. The van der Waals surface area contributed by atoms with E-state index in [-0.39, 0.29) is 11.8 Å². The third-order valence-corrected chi connectivity index (χ3v) is 3.68. The molecule has 6 heteroatoms. The van der Waals surface area contributed by atoms with Crippen LogP contribution in [0.15, 0.2) is 30.5 Å². The molecule has 0 fully saturated rings. The van der Waals surface area contributed by atoms with Gasteiger partial charge in [-0.25, -0.2) is 9.97 Å². The van der Waals surface area contributed by atoms with Crippen LogP contribution in [0.25, 0.3) is 11.4 Å². The molecule has 0 aliphatic carbocycles. The first kappa shape index (κ1) is 16.8. The van der Waals surface area contributed by atoms with Crippen molar-refractivity contribution in [3.8, 4) is 11.4 Å². The van der Waals surface area contributed by atoms with Crippen molar-refractivity contribution in [2.75, 3.05) is 12.3 Å². The minimum Gasteiger partial charge on any atom is -0.351 e. The molecule has 1 amide bonds. The number of hydrogen-bond donors (Lipinski definition) is 2. The van der Waals surface area contributed by atoms with Gasteiger partial charge < -0.3 is 5.32 Å². The molecule has 4 nitrogen and oxygen atoms in total. The van der Waals surface area contributed by atoms with Crippen LogP contribution in [0.1, 0.15) is 35.8 Å². The summed E-state index contributed by atoms with van der Waals surface area (Å²) in [6.45, 7) is 4.49. The van der Waals surface area contributed by atoms with Gasteiger partial charge in [0.1, 0.15) is 0 Å². The van der Waals surface area contributed by atoms with Crippen LogP contribution in [0.5, 0.6) is 0 Å². The van der Waals surface area contributed by atoms with Gasteiger partial charge in [-0.05, 0) is 18.1 Å². The maximum Gasteiger partial charge on any atom is 0.254 e. The van der Waals surface area contributed by atoms with Crippen LogP contribution in [0, 0.1) is 0 Å². The van der Waals surface area contributed by atoms with Crippen LogP contribution >= 0.6 is 24.2 Å². The zero-order valence-corrected chi connectivity index (χ0v) is 14.2. The van der Waals surface area contributed by atoms with Crippen molar-refractivity contribution in [3.05, 3.63) is 46.7 Å². The Labute approximate surface area is 140 Å². The highest BCUT2D eigenvalue weighted by atomic mass is 35.5. The number of carbonyl (C=O) groups is 1. The van der Waals surface area contributed by atoms with Gasteiger partial charge in [-0.2, -0.15) is 12.6 Å². The first-order valence-corrected chi connectivity index (χ1v) is 8.06. The predicted molar refractivity (Wildman–Crippen MR) is 92.8 cm³/mol. The molecular weight excluding hydrogens is 318 g/mol. The van der Waals surface area contributed by atoms with E-state index in [4.69, 9.17) is 11.6 Å². The number of hydrogen-bond acceptors (Lipinski definition) is 4. The number of rotatable bonds is 5. The maximum atomic E-state index is 12.2. The van der Waals surface area contributed by atoms with E-state index in [1.54, 1.807) is 12.3 Å². The summed E-state index contributed by atoms with van der Waals surface area (Å²) in [7, 11) is 0. The van der Waals surface area contributed by atoms with Gasteiger partial charge in [-0.15, -0.1) is 0 Å². The lowest BCUT2D eigenvalue weighted by Gasteiger charge is -2.13. The van der Waals surface area contributed by atoms with Gasteiger partial charge in [0, 0.05) is 24.1 Å². The number of aromatic nitrogens is 2. The van der Waals surface area contributed by atoms with Crippen LogP contribution < -0.4 is 5.32 Å². The van der Waals surface area contributed by atoms with E-state index in [2.05, 4.69) is 27.9 Å². The summed E-state index contributed by atoms with van der Waals surface area (Å²) in [5.74, 6) is 1.03. The zero-order chi connectivity index (χ0) is 16.1. The minimum atomic E-state index is -0.177. The fourth-order valence-corrected chi connectivity index (χ4v) is 2.38. The Bertz CT molecular complexity index is 676. The number of amides is 1. The van der Waals surface area contributed by atoms with Crippen molar-refractivity contribution < 1.29 is 4.79 Å². The molecule has 0 saturated heterocycles. The predicted octanol–water partition coefficient (Wildman–Crippen LogP) is 3.58. The van der Waals surface area contributed by atoms with E-state index in [1.165, 1.54) is 0 Å². The fraction of sp³-hybridized carbons (Fsp3) is 0.312. The summed E-state index contributed by atoms with van der Waals surface area (Å²) in [5.41, 5.74) is 1.96. The second-order valence-corrected chi connectivity index (χ2v) is 5.96. The van der Waals surface area contributed by atoms with Crippen LogP contribution in [0.4, 0.5) is 0 Å². The highest BCUT2D eigenvalue weighted by Crippen LogP contribution is 2.26. The molecule has 1 aromatic carbocycles. The van der Waals surface area contributed by atoms with Crippen molar-refractivity contribution in [2.24, 2.45) is 0 Å². The quantitative estimate of drug-likeness (QED) is 0.821. The maximum absolute atomic E-state index is 12.2. The van der Waals surface area contributed by atoms with Crippen molar-refractivity contribution in [2.45, 2.75) is 19.8 Å². The Morgan fingerprint density at radius 1 is 1.36 bits per heavy atom. The highest BCUT2D eigenvalue weighted by molar-refractivity contribution is 7.80. The summed E-state index contributed by atoms with van der Waals surface area (Å²) in [6, 6.07) is 7.40. The molecule has 1 N–H and O–H groups in total. The van der Waals surface area contributed by atoms with Crippen molar-refractivity contribution in [1.29, 1.82) is 0 Å². The summed E-state index contributed by atoms with van der Waals surface area (Å²) in [6.07, 6.45) is 1.56. The van der Waals surface area contributed by atoms with Gasteiger partial charge in [0.25, 0.3) is 5.91 Å².